The lowest BCUT2D eigenvalue weighted by molar-refractivity contribution is 0.143. The predicted molar refractivity (Wildman–Crippen MR) is 85.3 cm³/mol. The van der Waals surface area contributed by atoms with Gasteiger partial charge in [0.25, 0.3) is 0 Å². The maximum atomic E-state index is 11.5. The highest BCUT2D eigenvalue weighted by atomic mass is 35.5. The minimum absolute atomic E-state index is 0.117. The van der Waals surface area contributed by atoms with Gasteiger partial charge in [-0.15, -0.1) is 0 Å². The van der Waals surface area contributed by atoms with Crippen LogP contribution in [0.15, 0.2) is 54.7 Å². The fourth-order valence-corrected chi connectivity index (χ4v) is 2.00. The minimum atomic E-state index is -0.557. The van der Waals surface area contributed by atoms with E-state index in [0.717, 1.165) is 11.1 Å². The summed E-state index contributed by atoms with van der Waals surface area (Å²) >= 11 is 12.0. The molecule has 0 aliphatic carbocycles. The van der Waals surface area contributed by atoms with Gasteiger partial charge >= 0.3 is 6.09 Å². The molecule has 0 atom stereocenters. The number of benzene rings is 2. The molecule has 0 aromatic heterocycles. The Kier molecular flexibility index (Phi) is 5.67. The molecular weight excluding hydrogens is 309 g/mol. The molecule has 5 heteroatoms. The first kappa shape index (κ1) is 15.4. The zero-order valence-electron chi connectivity index (χ0n) is 11.1. The summed E-state index contributed by atoms with van der Waals surface area (Å²) in [6.45, 7) is 0.117. The normalized spacial score (nSPS) is 10.6. The van der Waals surface area contributed by atoms with Gasteiger partial charge in [-0.25, -0.2) is 4.79 Å². The van der Waals surface area contributed by atoms with Crippen LogP contribution >= 0.6 is 23.2 Å². The lowest BCUT2D eigenvalue weighted by Crippen LogP contribution is -2.18. The minimum Gasteiger partial charge on any atom is -0.444 e. The van der Waals surface area contributed by atoms with Crippen molar-refractivity contribution in [2.75, 3.05) is 0 Å². The van der Waals surface area contributed by atoms with Crippen molar-refractivity contribution in [3.05, 3.63) is 75.9 Å². The van der Waals surface area contributed by atoms with Crippen LogP contribution < -0.4 is 5.32 Å². The highest BCUT2D eigenvalue weighted by Gasteiger charge is 2.03. The Bertz CT molecular complexity index is 656. The number of nitrogens with one attached hydrogen (secondary N) is 1. The molecule has 1 amide bonds. The monoisotopic (exact) mass is 321 g/mol. The largest absolute Gasteiger partial charge is 0.444 e. The van der Waals surface area contributed by atoms with Crippen molar-refractivity contribution in [1.82, 2.24) is 5.32 Å². The van der Waals surface area contributed by atoms with E-state index in [2.05, 4.69) is 5.32 Å². The highest BCUT2D eigenvalue weighted by Crippen LogP contribution is 2.16. The predicted octanol–water partition coefficient (Wildman–Crippen LogP) is 4.89. The topological polar surface area (TPSA) is 38.3 Å². The van der Waals surface area contributed by atoms with Crippen molar-refractivity contribution in [3.8, 4) is 0 Å². The third-order valence-corrected chi connectivity index (χ3v) is 3.40. The summed E-state index contributed by atoms with van der Waals surface area (Å²) in [7, 11) is 0. The number of carbonyl (C=O) groups excluding carboxylic acids is 1. The van der Waals surface area contributed by atoms with Gasteiger partial charge in [-0.1, -0.05) is 59.6 Å². The van der Waals surface area contributed by atoms with Crippen molar-refractivity contribution in [1.29, 1.82) is 0 Å². The number of carbonyl (C=O) groups is 1. The van der Waals surface area contributed by atoms with Gasteiger partial charge < -0.3 is 4.74 Å². The van der Waals surface area contributed by atoms with Crippen LogP contribution in [0.25, 0.3) is 6.08 Å². The van der Waals surface area contributed by atoms with Crippen molar-refractivity contribution in [3.63, 3.8) is 0 Å². The summed E-state index contributed by atoms with van der Waals surface area (Å²) in [5, 5.41) is 3.68. The van der Waals surface area contributed by atoms with Crippen LogP contribution in [0.1, 0.15) is 11.1 Å². The molecule has 2 rings (SSSR count). The fourth-order valence-electron chi connectivity index (χ4n) is 1.61. The van der Waals surface area contributed by atoms with Crippen molar-refractivity contribution in [2.24, 2.45) is 0 Å². The molecule has 2 aromatic carbocycles. The molecule has 0 saturated carbocycles. The summed E-state index contributed by atoms with van der Waals surface area (Å²) in [4.78, 5) is 11.5. The van der Waals surface area contributed by atoms with E-state index in [-0.39, 0.29) is 6.61 Å². The van der Waals surface area contributed by atoms with Crippen molar-refractivity contribution >= 4 is 35.4 Å². The Balaban J connectivity index is 1.83. The van der Waals surface area contributed by atoms with Crippen LogP contribution in [0.5, 0.6) is 0 Å². The van der Waals surface area contributed by atoms with Crippen LogP contribution in [0, 0.1) is 0 Å². The number of halogens is 2. The maximum absolute atomic E-state index is 11.5. The van der Waals surface area contributed by atoms with E-state index in [1.54, 1.807) is 24.3 Å². The van der Waals surface area contributed by atoms with E-state index in [1.165, 1.54) is 6.20 Å². The maximum Gasteiger partial charge on any atom is 0.411 e. The van der Waals surface area contributed by atoms with E-state index in [0.29, 0.717) is 10.0 Å². The van der Waals surface area contributed by atoms with E-state index < -0.39 is 6.09 Å². The third-order valence-electron chi connectivity index (χ3n) is 2.69. The molecule has 1 N–H and O–H groups in total. The van der Waals surface area contributed by atoms with Gasteiger partial charge in [0.2, 0.25) is 0 Å². The summed E-state index contributed by atoms with van der Waals surface area (Å²) in [5.41, 5.74) is 1.56. The van der Waals surface area contributed by atoms with Crippen LogP contribution in [-0.4, -0.2) is 6.09 Å². The van der Waals surface area contributed by atoms with Gasteiger partial charge in [0.1, 0.15) is 6.61 Å². The zero-order chi connectivity index (χ0) is 15.1. The Morgan fingerprint density at radius 2 is 1.71 bits per heavy atom. The molecule has 0 spiro atoms. The summed E-state index contributed by atoms with van der Waals surface area (Å²) in [6.07, 6.45) is 2.62. The second kappa shape index (κ2) is 7.72. The third kappa shape index (κ3) is 4.81. The first-order chi connectivity index (χ1) is 10.2. The Hall–Kier alpha value is -1.97. The molecule has 0 bridgehead atoms. The number of alkyl carbamates (subject to hydrolysis) is 1. The number of ether oxygens (including phenoxy) is 1. The van der Waals surface area contributed by atoms with Gasteiger partial charge in [0.15, 0.2) is 0 Å². The molecule has 0 fully saturated rings. The van der Waals surface area contributed by atoms with Gasteiger partial charge in [-0.2, -0.15) is 0 Å². The average molecular weight is 322 g/mol. The Morgan fingerprint density at radius 3 is 2.43 bits per heavy atom. The summed E-state index contributed by atoms with van der Waals surface area (Å²) in [5.74, 6) is 0. The standard InChI is InChI=1S/C16H13Cl2NO2/c17-14-7-3-1-5-12(14)9-10-19-16(20)21-11-13-6-2-4-8-15(13)18/h1-10H,11H2,(H,19,20)/b10-9+. The van der Waals surface area contributed by atoms with Crippen LogP contribution in [0.3, 0.4) is 0 Å². The molecule has 0 saturated heterocycles. The van der Waals surface area contributed by atoms with Crippen LogP contribution in [-0.2, 0) is 11.3 Å². The van der Waals surface area contributed by atoms with Gasteiger partial charge in [-0.05, 0) is 23.8 Å². The highest BCUT2D eigenvalue weighted by molar-refractivity contribution is 6.32. The van der Waals surface area contributed by atoms with E-state index >= 15 is 0 Å². The molecule has 0 aliphatic rings. The molecule has 108 valence electrons. The Morgan fingerprint density at radius 1 is 1.05 bits per heavy atom. The van der Waals surface area contributed by atoms with Crippen molar-refractivity contribution in [2.45, 2.75) is 6.61 Å². The first-order valence-corrected chi connectivity index (χ1v) is 7.00. The molecule has 0 radical (unpaired) electrons. The summed E-state index contributed by atoms with van der Waals surface area (Å²) < 4.78 is 5.06. The second-order valence-electron chi connectivity index (χ2n) is 4.17. The molecule has 3 nitrogen and oxygen atoms in total. The SMILES string of the molecule is O=C(N/C=C/c1ccccc1Cl)OCc1ccccc1Cl. The fraction of sp³-hybridized carbons (Fsp3) is 0.0625. The van der Waals surface area contributed by atoms with Crippen molar-refractivity contribution < 1.29 is 9.53 Å². The van der Waals surface area contributed by atoms with E-state index in [9.17, 15) is 4.79 Å². The molecule has 21 heavy (non-hydrogen) atoms. The molecule has 0 aliphatic heterocycles. The molecular formula is C16H13Cl2NO2. The smallest absolute Gasteiger partial charge is 0.411 e. The average Bonchev–Trinajstić information content (AvgIpc) is 2.48. The lowest BCUT2D eigenvalue weighted by atomic mass is 10.2. The number of rotatable bonds is 4. The van der Waals surface area contributed by atoms with Gasteiger partial charge in [0, 0.05) is 21.8 Å². The quantitative estimate of drug-likeness (QED) is 0.870. The zero-order valence-corrected chi connectivity index (χ0v) is 12.6. The Labute approximate surface area is 133 Å². The molecule has 0 unspecified atom stereocenters. The number of hydrogen-bond acceptors (Lipinski definition) is 2. The van der Waals surface area contributed by atoms with Gasteiger partial charge in [-0.3, -0.25) is 5.32 Å². The van der Waals surface area contributed by atoms with Gasteiger partial charge in [0.05, 0.1) is 0 Å². The second-order valence-corrected chi connectivity index (χ2v) is 4.98. The number of amides is 1. The summed E-state index contributed by atoms with van der Waals surface area (Å²) in [6, 6.07) is 14.5. The molecule has 2 aromatic rings. The van der Waals surface area contributed by atoms with E-state index in [4.69, 9.17) is 27.9 Å². The lowest BCUT2D eigenvalue weighted by Gasteiger charge is -2.05. The number of hydrogen-bond donors (Lipinski definition) is 1. The van der Waals surface area contributed by atoms with Crippen LogP contribution in [0.4, 0.5) is 4.79 Å². The van der Waals surface area contributed by atoms with Crippen LogP contribution in [0.2, 0.25) is 10.0 Å². The van der Waals surface area contributed by atoms with E-state index in [1.807, 2.05) is 30.3 Å². The molecule has 0 heterocycles. The first-order valence-electron chi connectivity index (χ1n) is 6.24.